The Labute approximate surface area is 167 Å². The maximum Gasteiger partial charge on any atom is 0.255 e. The quantitative estimate of drug-likeness (QED) is 0.594. The second kappa shape index (κ2) is 9.93. The molecule has 0 aliphatic carbocycles. The SMILES string of the molecule is CC(=O)CC(=O)Nc1ccc(NC(=O)c2ccc(NC(=O)CC(C)=O)cc2)cc1. The first kappa shape index (κ1) is 21.5. The smallest absolute Gasteiger partial charge is 0.255 e. The van der Waals surface area contributed by atoms with Gasteiger partial charge in [-0.2, -0.15) is 0 Å². The number of nitrogens with one attached hydrogen (secondary N) is 3. The van der Waals surface area contributed by atoms with E-state index in [0.717, 1.165) is 0 Å². The van der Waals surface area contributed by atoms with E-state index < -0.39 is 11.8 Å². The molecule has 0 bridgehead atoms. The predicted octanol–water partition coefficient (Wildman–Crippen LogP) is 2.77. The minimum Gasteiger partial charge on any atom is -0.326 e. The van der Waals surface area contributed by atoms with Gasteiger partial charge in [0.25, 0.3) is 5.91 Å². The number of hydrogen-bond donors (Lipinski definition) is 3. The van der Waals surface area contributed by atoms with Crippen LogP contribution in [0.2, 0.25) is 0 Å². The van der Waals surface area contributed by atoms with Crippen molar-refractivity contribution in [3.63, 3.8) is 0 Å². The highest BCUT2D eigenvalue weighted by Crippen LogP contribution is 2.16. The molecule has 0 radical (unpaired) electrons. The zero-order valence-corrected chi connectivity index (χ0v) is 16.1. The summed E-state index contributed by atoms with van der Waals surface area (Å²) in [5, 5.41) is 7.89. The summed E-state index contributed by atoms with van der Waals surface area (Å²) in [5.74, 6) is -1.62. The number of ketones is 2. The Hall–Kier alpha value is -3.81. The van der Waals surface area contributed by atoms with Crippen molar-refractivity contribution in [2.45, 2.75) is 26.7 Å². The molecule has 3 amide bonds. The largest absolute Gasteiger partial charge is 0.326 e. The van der Waals surface area contributed by atoms with Crippen molar-refractivity contribution in [2.75, 3.05) is 16.0 Å². The third-order valence-corrected chi connectivity index (χ3v) is 3.68. The van der Waals surface area contributed by atoms with E-state index in [1.165, 1.54) is 13.8 Å². The van der Waals surface area contributed by atoms with Crippen molar-refractivity contribution in [3.8, 4) is 0 Å². The van der Waals surface area contributed by atoms with Gasteiger partial charge in [-0.25, -0.2) is 0 Å². The van der Waals surface area contributed by atoms with Crippen molar-refractivity contribution in [1.29, 1.82) is 0 Å². The Kier molecular flexibility index (Phi) is 7.36. The Bertz CT molecular complexity index is 934. The number of anilines is 3. The summed E-state index contributed by atoms with van der Waals surface area (Å²) in [6.45, 7) is 2.67. The molecular formula is C21H21N3O5. The van der Waals surface area contributed by atoms with Crippen LogP contribution in [-0.4, -0.2) is 29.3 Å². The second-order valence-electron chi connectivity index (χ2n) is 6.46. The summed E-state index contributed by atoms with van der Waals surface area (Å²) >= 11 is 0. The van der Waals surface area contributed by atoms with Gasteiger partial charge in [0.05, 0.1) is 12.8 Å². The van der Waals surface area contributed by atoms with Gasteiger partial charge in [0, 0.05) is 22.6 Å². The second-order valence-corrected chi connectivity index (χ2v) is 6.46. The molecule has 0 fully saturated rings. The molecule has 0 aliphatic rings. The van der Waals surface area contributed by atoms with Crippen LogP contribution in [0, 0.1) is 0 Å². The molecule has 150 valence electrons. The van der Waals surface area contributed by atoms with Gasteiger partial charge in [-0.1, -0.05) is 0 Å². The standard InChI is InChI=1S/C21H21N3O5/c1-13(25)11-19(27)22-16-5-3-15(4-6-16)21(29)24-18-9-7-17(8-10-18)23-20(28)12-14(2)26/h3-10H,11-12H2,1-2H3,(H,22,27)(H,23,28)(H,24,29). The Morgan fingerprint density at radius 3 is 1.31 bits per heavy atom. The molecule has 0 atom stereocenters. The van der Waals surface area contributed by atoms with Gasteiger partial charge < -0.3 is 16.0 Å². The zero-order chi connectivity index (χ0) is 21.4. The third kappa shape index (κ3) is 7.37. The monoisotopic (exact) mass is 395 g/mol. The van der Waals surface area contributed by atoms with Crippen LogP contribution in [0.3, 0.4) is 0 Å². The third-order valence-electron chi connectivity index (χ3n) is 3.68. The maximum absolute atomic E-state index is 12.3. The predicted molar refractivity (Wildman–Crippen MR) is 109 cm³/mol. The molecule has 0 saturated carbocycles. The lowest BCUT2D eigenvalue weighted by molar-refractivity contribution is -0.125. The van der Waals surface area contributed by atoms with Crippen LogP contribution >= 0.6 is 0 Å². The molecule has 2 aromatic carbocycles. The van der Waals surface area contributed by atoms with Crippen LogP contribution in [0.4, 0.5) is 17.1 Å². The summed E-state index contributed by atoms with van der Waals surface area (Å²) in [4.78, 5) is 57.3. The van der Waals surface area contributed by atoms with Gasteiger partial charge in [-0.15, -0.1) is 0 Å². The lowest BCUT2D eigenvalue weighted by atomic mass is 10.1. The summed E-state index contributed by atoms with van der Waals surface area (Å²) in [6, 6.07) is 12.7. The van der Waals surface area contributed by atoms with Gasteiger partial charge in [-0.05, 0) is 62.4 Å². The van der Waals surface area contributed by atoms with Crippen LogP contribution in [0.1, 0.15) is 37.0 Å². The minimum atomic E-state index is -0.412. The van der Waals surface area contributed by atoms with Crippen LogP contribution in [0.15, 0.2) is 48.5 Å². The first-order valence-corrected chi connectivity index (χ1v) is 8.83. The number of rotatable bonds is 8. The van der Waals surface area contributed by atoms with E-state index in [1.54, 1.807) is 48.5 Å². The van der Waals surface area contributed by atoms with Crippen LogP contribution in [0.25, 0.3) is 0 Å². The van der Waals surface area contributed by atoms with Crippen molar-refractivity contribution in [3.05, 3.63) is 54.1 Å². The van der Waals surface area contributed by atoms with Gasteiger partial charge in [-0.3, -0.25) is 24.0 Å². The fraction of sp³-hybridized carbons (Fsp3) is 0.190. The number of carbonyl (C=O) groups excluding carboxylic acids is 5. The molecule has 8 heteroatoms. The highest BCUT2D eigenvalue weighted by molar-refractivity contribution is 6.06. The maximum atomic E-state index is 12.3. The highest BCUT2D eigenvalue weighted by Gasteiger charge is 2.09. The number of hydrogen-bond acceptors (Lipinski definition) is 5. The van der Waals surface area contributed by atoms with Crippen molar-refractivity contribution in [1.82, 2.24) is 0 Å². The highest BCUT2D eigenvalue weighted by atomic mass is 16.2. The van der Waals surface area contributed by atoms with E-state index in [0.29, 0.717) is 22.6 Å². The molecule has 29 heavy (non-hydrogen) atoms. The minimum absolute atomic E-state index is 0.191. The molecule has 0 unspecified atom stereocenters. The Balaban J connectivity index is 1.92. The molecule has 0 aromatic heterocycles. The fourth-order valence-corrected chi connectivity index (χ4v) is 2.41. The number of Topliss-reactive ketones (excluding diaryl/α,β-unsaturated/α-hetero) is 2. The van der Waals surface area contributed by atoms with Gasteiger partial charge in [0.15, 0.2) is 0 Å². The molecule has 3 N–H and O–H groups in total. The first-order chi connectivity index (χ1) is 13.7. The number of amides is 3. The molecule has 0 saturated heterocycles. The average Bonchev–Trinajstić information content (AvgIpc) is 2.62. The van der Waals surface area contributed by atoms with Crippen LogP contribution in [-0.2, 0) is 19.2 Å². The number of benzene rings is 2. The normalized spacial score (nSPS) is 10.0. The average molecular weight is 395 g/mol. The molecule has 2 rings (SSSR count). The lowest BCUT2D eigenvalue weighted by Crippen LogP contribution is -2.16. The number of carbonyl (C=O) groups is 5. The fourth-order valence-electron chi connectivity index (χ4n) is 2.41. The summed E-state index contributed by atoms with van der Waals surface area (Å²) < 4.78 is 0. The van der Waals surface area contributed by atoms with Gasteiger partial charge in [0.1, 0.15) is 11.6 Å². The molecule has 8 nitrogen and oxygen atoms in total. The van der Waals surface area contributed by atoms with E-state index in [9.17, 15) is 24.0 Å². The van der Waals surface area contributed by atoms with Gasteiger partial charge in [0.2, 0.25) is 11.8 Å². The molecule has 0 spiro atoms. The Morgan fingerprint density at radius 2 is 0.931 bits per heavy atom. The summed E-state index contributed by atoms with van der Waals surface area (Å²) in [7, 11) is 0. The summed E-state index contributed by atoms with van der Waals surface area (Å²) in [6.07, 6.45) is -0.392. The molecule has 0 heterocycles. The zero-order valence-electron chi connectivity index (χ0n) is 16.1. The van der Waals surface area contributed by atoms with Crippen LogP contribution < -0.4 is 16.0 Å². The molecule has 2 aromatic rings. The topological polar surface area (TPSA) is 121 Å². The van der Waals surface area contributed by atoms with E-state index in [4.69, 9.17) is 0 Å². The van der Waals surface area contributed by atoms with Crippen molar-refractivity contribution < 1.29 is 24.0 Å². The first-order valence-electron chi connectivity index (χ1n) is 8.83. The molecule has 0 aliphatic heterocycles. The van der Waals surface area contributed by atoms with E-state index in [2.05, 4.69) is 16.0 Å². The van der Waals surface area contributed by atoms with Crippen molar-refractivity contribution >= 4 is 46.4 Å². The van der Waals surface area contributed by atoms with E-state index in [-0.39, 0.29) is 30.3 Å². The van der Waals surface area contributed by atoms with E-state index in [1.807, 2.05) is 0 Å². The Morgan fingerprint density at radius 1 is 0.586 bits per heavy atom. The van der Waals surface area contributed by atoms with Gasteiger partial charge >= 0.3 is 0 Å². The molecular weight excluding hydrogens is 374 g/mol. The lowest BCUT2D eigenvalue weighted by Gasteiger charge is -2.09. The van der Waals surface area contributed by atoms with E-state index >= 15 is 0 Å². The summed E-state index contributed by atoms with van der Waals surface area (Å²) in [5.41, 5.74) is 1.91. The van der Waals surface area contributed by atoms with Crippen molar-refractivity contribution in [2.24, 2.45) is 0 Å². The van der Waals surface area contributed by atoms with Crippen LogP contribution in [0.5, 0.6) is 0 Å².